The number of aromatic nitrogens is 2. The maximum absolute atomic E-state index is 10.3. The molecule has 0 radical (unpaired) electrons. The van der Waals surface area contributed by atoms with E-state index in [2.05, 4.69) is 15.3 Å². The van der Waals surface area contributed by atoms with Gasteiger partial charge in [-0.3, -0.25) is 0 Å². The number of halogens is 1. The van der Waals surface area contributed by atoms with Gasteiger partial charge >= 0.3 is 0 Å². The highest BCUT2D eigenvalue weighted by atomic mass is 35.5. The molecular weight excluding hydrogens is 286 g/mol. The third-order valence-electron chi connectivity index (χ3n) is 3.29. The molecule has 3 rings (SSSR count). The van der Waals surface area contributed by atoms with E-state index >= 15 is 0 Å². The SMILES string of the molecule is OC(CNc1ncncc1Cl)c1ccc2ccccc2c1. The zero-order valence-electron chi connectivity index (χ0n) is 11.2. The maximum atomic E-state index is 10.3. The van der Waals surface area contributed by atoms with Crippen LogP contribution in [0.5, 0.6) is 0 Å². The van der Waals surface area contributed by atoms with E-state index in [1.165, 1.54) is 12.5 Å². The van der Waals surface area contributed by atoms with Crippen molar-refractivity contribution in [3.8, 4) is 0 Å². The molecule has 0 saturated carbocycles. The number of nitrogens with one attached hydrogen (secondary N) is 1. The van der Waals surface area contributed by atoms with Crippen LogP contribution in [0, 0.1) is 0 Å². The fourth-order valence-electron chi connectivity index (χ4n) is 2.17. The fourth-order valence-corrected chi connectivity index (χ4v) is 2.34. The molecule has 1 unspecified atom stereocenters. The highest BCUT2D eigenvalue weighted by Crippen LogP contribution is 2.22. The van der Waals surface area contributed by atoms with Crippen LogP contribution in [0.15, 0.2) is 55.0 Å². The van der Waals surface area contributed by atoms with Crippen molar-refractivity contribution in [3.05, 3.63) is 65.6 Å². The minimum absolute atomic E-state index is 0.328. The lowest BCUT2D eigenvalue weighted by molar-refractivity contribution is 0.191. The number of anilines is 1. The summed E-state index contributed by atoms with van der Waals surface area (Å²) in [5.74, 6) is 0.520. The van der Waals surface area contributed by atoms with Gasteiger partial charge in [-0.05, 0) is 22.4 Å². The normalized spacial score (nSPS) is 12.3. The van der Waals surface area contributed by atoms with Gasteiger partial charge < -0.3 is 10.4 Å². The van der Waals surface area contributed by atoms with E-state index < -0.39 is 6.10 Å². The average molecular weight is 300 g/mol. The lowest BCUT2D eigenvalue weighted by Crippen LogP contribution is -2.13. The van der Waals surface area contributed by atoms with Crippen molar-refractivity contribution < 1.29 is 5.11 Å². The predicted octanol–water partition coefficient (Wildman–Crippen LogP) is 3.43. The van der Waals surface area contributed by atoms with Crippen LogP contribution in [-0.4, -0.2) is 21.6 Å². The first-order chi connectivity index (χ1) is 10.2. The largest absolute Gasteiger partial charge is 0.387 e. The molecule has 2 N–H and O–H groups in total. The molecule has 0 amide bonds. The highest BCUT2D eigenvalue weighted by Gasteiger charge is 2.09. The molecule has 0 fully saturated rings. The molecule has 0 aliphatic rings. The summed E-state index contributed by atoms with van der Waals surface area (Å²) in [6.45, 7) is 0.328. The van der Waals surface area contributed by atoms with Gasteiger partial charge in [-0.1, -0.05) is 48.0 Å². The first kappa shape index (κ1) is 13.8. The Hall–Kier alpha value is -2.17. The third kappa shape index (κ3) is 3.12. The number of aliphatic hydroxyl groups excluding tert-OH is 1. The van der Waals surface area contributed by atoms with Crippen LogP contribution in [0.2, 0.25) is 5.02 Å². The number of aliphatic hydroxyl groups is 1. The number of hydrogen-bond donors (Lipinski definition) is 2. The smallest absolute Gasteiger partial charge is 0.148 e. The Balaban J connectivity index is 1.75. The molecule has 0 saturated heterocycles. The summed E-state index contributed by atoms with van der Waals surface area (Å²) in [4.78, 5) is 7.85. The first-order valence-corrected chi connectivity index (χ1v) is 6.98. The van der Waals surface area contributed by atoms with Crippen LogP contribution < -0.4 is 5.32 Å². The van der Waals surface area contributed by atoms with Gasteiger partial charge in [0.05, 0.1) is 12.3 Å². The lowest BCUT2D eigenvalue weighted by Gasteiger charge is -2.14. The van der Waals surface area contributed by atoms with Crippen molar-refractivity contribution in [1.82, 2.24) is 9.97 Å². The van der Waals surface area contributed by atoms with Crippen LogP contribution in [0.25, 0.3) is 10.8 Å². The Bertz CT molecular complexity index is 763. The number of hydrogen-bond acceptors (Lipinski definition) is 4. The van der Waals surface area contributed by atoms with Gasteiger partial charge in [-0.25, -0.2) is 9.97 Å². The molecule has 0 bridgehead atoms. The van der Waals surface area contributed by atoms with Crippen molar-refractivity contribution in [2.75, 3.05) is 11.9 Å². The molecule has 0 aliphatic carbocycles. The topological polar surface area (TPSA) is 58.0 Å². The van der Waals surface area contributed by atoms with Gasteiger partial charge in [0.25, 0.3) is 0 Å². The quantitative estimate of drug-likeness (QED) is 0.775. The molecule has 0 spiro atoms. The van der Waals surface area contributed by atoms with Gasteiger partial charge in [0.15, 0.2) is 0 Å². The Morgan fingerprint density at radius 2 is 1.95 bits per heavy atom. The van der Waals surface area contributed by atoms with Crippen LogP contribution in [-0.2, 0) is 0 Å². The summed E-state index contributed by atoms with van der Waals surface area (Å²) in [5.41, 5.74) is 0.853. The number of benzene rings is 2. The standard InChI is InChI=1S/C16H14ClN3O/c17-14-8-18-10-20-16(14)19-9-15(21)13-6-5-11-3-1-2-4-12(11)7-13/h1-8,10,15,21H,9H2,(H,18,19,20). The molecule has 1 atom stereocenters. The van der Waals surface area contributed by atoms with E-state index in [0.29, 0.717) is 17.4 Å². The summed E-state index contributed by atoms with van der Waals surface area (Å²) >= 11 is 5.96. The second-order valence-electron chi connectivity index (χ2n) is 4.72. The van der Waals surface area contributed by atoms with Crippen molar-refractivity contribution in [2.45, 2.75) is 6.10 Å². The summed E-state index contributed by atoms with van der Waals surface area (Å²) in [6, 6.07) is 14.0. The molecule has 1 aromatic heterocycles. The number of rotatable bonds is 4. The van der Waals surface area contributed by atoms with Gasteiger partial charge in [-0.15, -0.1) is 0 Å². The molecule has 2 aromatic carbocycles. The number of fused-ring (bicyclic) bond motifs is 1. The summed E-state index contributed by atoms with van der Waals surface area (Å²) < 4.78 is 0. The summed E-state index contributed by atoms with van der Waals surface area (Å²) in [7, 11) is 0. The monoisotopic (exact) mass is 299 g/mol. The zero-order valence-corrected chi connectivity index (χ0v) is 12.0. The molecule has 1 heterocycles. The second-order valence-corrected chi connectivity index (χ2v) is 5.13. The lowest BCUT2D eigenvalue weighted by atomic mass is 10.0. The van der Waals surface area contributed by atoms with E-state index in [4.69, 9.17) is 11.6 Å². The Kier molecular flexibility index (Phi) is 3.99. The van der Waals surface area contributed by atoms with Crippen LogP contribution in [0.4, 0.5) is 5.82 Å². The highest BCUT2D eigenvalue weighted by molar-refractivity contribution is 6.32. The predicted molar refractivity (Wildman–Crippen MR) is 84.4 cm³/mol. The first-order valence-electron chi connectivity index (χ1n) is 6.60. The second kappa shape index (κ2) is 6.08. The van der Waals surface area contributed by atoms with Crippen molar-refractivity contribution in [2.24, 2.45) is 0 Å². The molecule has 4 nitrogen and oxygen atoms in total. The average Bonchev–Trinajstić information content (AvgIpc) is 2.53. The Morgan fingerprint density at radius 1 is 1.14 bits per heavy atom. The van der Waals surface area contributed by atoms with Gasteiger partial charge in [0.2, 0.25) is 0 Å². The van der Waals surface area contributed by atoms with E-state index in [-0.39, 0.29) is 0 Å². The molecule has 3 aromatic rings. The zero-order chi connectivity index (χ0) is 14.7. The fraction of sp³-hybridized carbons (Fsp3) is 0.125. The van der Waals surface area contributed by atoms with Crippen LogP contribution >= 0.6 is 11.6 Å². The van der Waals surface area contributed by atoms with Gasteiger partial charge in [-0.2, -0.15) is 0 Å². The Labute approximate surface area is 127 Å². The minimum Gasteiger partial charge on any atom is -0.387 e. The minimum atomic E-state index is -0.638. The van der Waals surface area contributed by atoms with Crippen LogP contribution in [0.1, 0.15) is 11.7 Å². The van der Waals surface area contributed by atoms with Gasteiger partial charge in [0.1, 0.15) is 17.2 Å². The van der Waals surface area contributed by atoms with E-state index in [9.17, 15) is 5.11 Å². The molecule has 5 heteroatoms. The van der Waals surface area contributed by atoms with E-state index in [1.54, 1.807) is 0 Å². The third-order valence-corrected chi connectivity index (χ3v) is 3.57. The van der Waals surface area contributed by atoms with Crippen molar-refractivity contribution >= 4 is 28.2 Å². The summed E-state index contributed by atoms with van der Waals surface area (Å²) in [5, 5.41) is 16.0. The number of nitrogens with zero attached hydrogens (tertiary/aromatic N) is 2. The van der Waals surface area contributed by atoms with Crippen LogP contribution in [0.3, 0.4) is 0 Å². The molecule has 21 heavy (non-hydrogen) atoms. The Morgan fingerprint density at radius 3 is 2.76 bits per heavy atom. The van der Waals surface area contributed by atoms with E-state index in [0.717, 1.165) is 16.3 Å². The molecule has 0 aliphatic heterocycles. The molecule has 106 valence electrons. The van der Waals surface area contributed by atoms with E-state index in [1.807, 2.05) is 42.5 Å². The van der Waals surface area contributed by atoms with Crippen molar-refractivity contribution in [3.63, 3.8) is 0 Å². The van der Waals surface area contributed by atoms with Gasteiger partial charge in [0, 0.05) is 6.54 Å². The van der Waals surface area contributed by atoms with Crippen molar-refractivity contribution in [1.29, 1.82) is 0 Å². The molecular formula is C16H14ClN3O. The maximum Gasteiger partial charge on any atom is 0.148 e. The summed E-state index contributed by atoms with van der Waals surface area (Å²) in [6.07, 6.45) is 2.29.